The maximum atomic E-state index is 12.4. The molecule has 104 valence electrons. The van der Waals surface area contributed by atoms with Gasteiger partial charge in [-0.3, -0.25) is 4.79 Å². The van der Waals surface area contributed by atoms with Crippen molar-refractivity contribution in [1.82, 2.24) is 9.88 Å². The van der Waals surface area contributed by atoms with Crippen LogP contribution in [0.1, 0.15) is 34.6 Å². The molecule has 0 N–H and O–H groups in total. The van der Waals surface area contributed by atoms with Crippen molar-refractivity contribution < 1.29 is 4.79 Å². The molecule has 1 amide bonds. The summed E-state index contributed by atoms with van der Waals surface area (Å²) in [5.74, 6) is 0.0908. The summed E-state index contributed by atoms with van der Waals surface area (Å²) in [6, 6.07) is 8.25. The highest BCUT2D eigenvalue weighted by Crippen LogP contribution is 2.24. The first-order valence-corrected chi connectivity index (χ1v) is 7.94. The summed E-state index contributed by atoms with van der Waals surface area (Å²) in [4.78, 5) is 18.8. The van der Waals surface area contributed by atoms with Crippen LogP contribution in [0, 0.1) is 6.92 Å². The van der Waals surface area contributed by atoms with Crippen LogP contribution in [-0.2, 0) is 0 Å². The molecule has 4 heteroatoms. The zero-order chi connectivity index (χ0) is 13.9. The maximum absolute atomic E-state index is 12.4. The van der Waals surface area contributed by atoms with Gasteiger partial charge < -0.3 is 4.90 Å². The van der Waals surface area contributed by atoms with Crippen LogP contribution in [0.4, 0.5) is 0 Å². The second-order valence-corrected chi connectivity index (χ2v) is 6.11. The highest BCUT2D eigenvalue weighted by Gasteiger charge is 2.21. The summed E-state index contributed by atoms with van der Waals surface area (Å²) in [5.41, 5.74) is 3.20. The number of thiazole rings is 1. The molecule has 0 spiro atoms. The zero-order valence-electron chi connectivity index (χ0n) is 11.6. The Kier molecular flexibility index (Phi) is 3.83. The largest absolute Gasteiger partial charge is 0.337 e. The summed E-state index contributed by atoms with van der Waals surface area (Å²) < 4.78 is 0. The summed E-state index contributed by atoms with van der Waals surface area (Å²) in [5, 5.41) is 2.59. The smallest absolute Gasteiger partial charge is 0.282 e. The van der Waals surface area contributed by atoms with Gasteiger partial charge in [-0.25, -0.2) is 4.98 Å². The number of aryl methyl sites for hydroxylation is 1. The van der Waals surface area contributed by atoms with Crippen LogP contribution in [0.5, 0.6) is 0 Å². The fourth-order valence-electron chi connectivity index (χ4n) is 2.46. The molecule has 20 heavy (non-hydrogen) atoms. The average molecular weight is 286 g/mol. The van der Waals surface area contributed by atoms with Crippen molar-refractivity contribution in [3.8, 4) is 11.3 Å². The summed E-state index contributed by atoms with van der Waals surface area (Å²) in [6.07, 6.45) is 3.46. The van der Waals surface area contributed by atoms with Gasteiger partial charge in [-0.1, -0.05) is 29.8 Å². The van der Waals surface area contributed by atoms with Gasteiger partial charge in [-0.15, -0.1) is 11.3 Å². The second kappa shape index (κ2) is 5.75. The fourth-order valence-corrected chi connectivity index (χ4v) is 3.25. The summed E-state index contributed by atoms with van der Waals surface area (Å²) in [7, 11) is 0. The molecule has 1 saturated heterocycles. The van der Waals surface area contributed by atoms with Gasteiger partial charge in [0.25, 0.3) is 5.91 Å². The van der Waals surface area contributed by atoms with Crippen LogP contribution in [0.25, 0.3) is 11.3 Å². The monoisotopic (exact) mass is 286 g/mol. The van der Waals surface area contributed by atoms with Crippen molar-refractivity contribution in [1.29, 1.82) is 0 Å². The molecule has 0 atom stereocenters. The molecule has 3 nitrogen and oxygen atoms in total. The lowest BCUT2D eigenvalue weighted by atomic mass is 10.1. The number of benzene rings is 1. The number of carbonyl (C=O) groups is 1. The molecule has 1 aromatic heterocycles. The van der Waals surface area contributed by atoms with E-state index in [0.29, 0.717) is 5.01 Å². The Morgan fingerprint density at radius 3 is 2.55 bits per heavy atom. The Hall–Kier alpha value is -1.68. The number of aromatic nitrogens is 1. The van der Waals surface area contributed by atoms with Crippen LogP contribution < -0.4 is 0 Å². The number of likely N-dealkylation sites (tertiary alicyclic amines) is 1. The van der Waals surface area contributed by atoms with Crippen molar-refractivity contribution in [2.45, 2.75) is 26.2 Å². The predicted molar refractivity (Wildman–Crippen MR) is 82.0 cm³/mol. The van der Waals surface area contributed by atoms with E-state index in [2.05, 4.69) is 36.2 Å². The second-order valence-electron chi connectivity index (χ2n) is 5.26. The third-order valence-corrected chi connectivity index (χ3v) is 4.51. The van der Waals surface area contributed by atoms with E-state index in [1.807, 2.05) is 10.3 Å². The van der Waals surface area contributed by atoms with E-state index >= 15 is 0 Å². The molecule has 2 heterocycles. The molecular weight excluding hydrogens is 268 g/mol. The van der Waals surface area contributed by atoms with Crippen LogP contribution in [-0.4, -0.2) is 28.9 Å². The van der Waals surface area contributed by atoms with Gasteiger partial charge in [0.2, 0.25) is 0 Å². The number of piperidine rings is 1. The number of rotatable bonds is 2. The first kappa shape index (κ1) is 13.3. The molecule has 0 saturated carbocycles. The number of hydrogen-bond donors (Lipinski definition) is 0. The summed E-state index contributed by atoms with van der Waals surface area (Å²) >= 11 is 1.45. The zero-order valence-corrected chi connectivity index (χ0v) is 12.4. The van der Waals surface area contributed by atoms with Gasteiger partial charge >= 0.3 is 0 Å². The first-order chi connectivity index (χ1) is 9.74. The lowest BCUT2D eigenvalue weighted by Gasteiger charge is -2.25. The van der Waals surface area contributed by atoms with E-state index < -0.39 is 0 Å². The number of hydrogen-bond acceptors (Lipinski definition) is 3. The van der Waals surface area contributed by atoms with Gasteiger partial charge in [0.1, 0.15) is 0 Å². The predicted octanol–water partition coefficient (Wildman–Crippen LogP) is 3.74. The molecule has 2 aromatic rings. The first-order valence-electron chi connectivity index (χ1n) is 7.06. The van der Waals surface area contributed by atoms with Gasteiger partial charge in [0, 0.05) is 24.0 Å². The van der Waals surface area contributed by atoms with Gasteiger partial charge in [-0.2, -0.15) is 0 Å². The standard InChI is InChI=1S/C16H18N2OS/c1-12-5-7-13(8-6-12)14-11-20-15(17-14)16(19)18-9-3-2-4-10-18/h5-8,11H,2-4,9-10H2,1H3. The Morgan fingerprint density at radius 2 is 1.85 bits per heavy atom. The minimum absolute atomic E-state index is 0.0908. The average Bonchev–Trinajstić information content (AvgIpc) is 2.98. The van der Waals surface area contributed by atoms with E-state index in [1.165, 1.54) is 23.3 Å². The van der Waals surface area contributed by atoms with E-state index in [-0.39, 0.29) is 5.91 Å². The highest BCUT2D eigenvalue weighted by atomic mass is 32.1. The van der Waals surface area contributed by atoms with Crippen molar-refractivity contribution in [3.05, 3.63) is 40.2 Å². The Bertz CT molecular complexity index is 597. The summed E-state index contributed by atoms with van der Waals surface area (Å²) in [6.45, 7) is 3.81. The van der Waals surface area contributed by atoms with Gasteiger partial charge in [0.05, 0.1) is 5.69 Å². The Labute approximate surface area is 123 Å². The lowest BCUT2D eigenvalue weighted by Crippen LogP contribution is -2.35. The molecule has 0 radical (unpaired) electrons. The van der Waals surface area contributed by atoms with Gasteiger partial charge in [0.15, 0.2) is 5.01 Å². The van der Waals surface area contributed by atoms with Crippen molar-refractivity contribution in [2.75, 3.05) is 13.1 Å². The van der Waals surface area contributed by atoms with Crippen molar-refractivity contribution >= 4 is 17.2 Å². The minimum atomic E-state index is 0.0908. The van der Waals surface area contributed by atoms with E-state index in [1.54, 1.807) is 0 Å². The molecule has 1 aliphatic rings. The Balaban J connectivity index is 1.79. The molecule has 0 unspecified atom stereocenters. The molecular formula is C16H18N2OS. The number of carbonyl (C=O) groups excluding carboxylic acids is 1. The highest BCUT2D eigenvalue weighted by molar-refractivity contribution is 7.12. The van der Waals surface area contributed by atoms with E-state index in [9.17, 15) is 4.79 Å². The SMILES string of the molecule is Cc1ccc(-c2csc(C(=O)N3CCCCC3)n2)cc1. The van der Waals surface area contributed by atoms with Crippen LogP contribution in [0.3, 0.4) is 0 Å². The molecule has 0 bridgehead atoms. The molecule has 1 fully saturated rings. The fraction of sp³-hybridized carbons (Fsp3) is 0.375. The van der Waals surface area contributed by atoms with Gasteiger partial charge in [-0.05, 0) is 26.2 Å². The third-order valence-electron chi connectivity index (χ3n) is 3.68. The quantitative estimate of drug-likeness (QED) is 0.842. The maximum Gasteiger partial charge on any atom is 0.282 e. The van der Waals surface area contributed by atoms with Crippen LogP contribution in [0.15, 0.2) is 29.6 Å². The van der Waals surface area contributed by atoms with E-state index in [0.717, 1.165) is 37.2 Å². The molecule has 3 rings (SSSR count). The van der Waals surface area contributed by atoms with Crippen LogP contribution >= 0.6 is 11.3 Å². The third kappa shape index (κ3) is 2.75. The topological polar surface area (TPSA) is 33.2 Å². The number of nitrogens with zero attached hydrogens (tertiary/aromatic N) is 2. The number of amides is 1. The van der Waals surface area contributed by atoms with E-state index in [4.69, 9.17) is 0 Å². The lowest BCUT2D eigenvalue weighted by molar-refractivity contribution is 0.0724. The van der Waals surface area contributed by atoms with Crippen LogP contribution in [0.2, 0.25) is 0 Å². The minimum Gasteiger partial charge on any atom is -0.337 e. The molecule has 0 aliphatic carbocycles. The Morgan fingerprint density at radius 1 is 1.15 bits per heavy atom. The molecule has 1 aromatic carbocycles. The normalized spacial score (nSPS) is 15.3. The van der Waals surface area contributed by atoms with Crippen molar-refractivity contribution in [2.24, 2.45) is 0 Å². The van der Waals surface area contributed by atoms with Crippen molar-refractivity contribution in [3.63, 3.8) is 0 Å². The molecule has 1 aliphatic heterocycles.